The molecule has 0 fully saturated rings. The third-order valence-electron chi connectivity index (χ3n) is 2.36. The summed E-state index contributed by atoms with van der Waals surface area (Å²) in [6, 6.07) is 6.04. The summed E-state index contributed by atoms with van der Waals surface area (Å²) in [4.78, 5) is 15.7. The van der Waals surface area contributed by atoms with E-state index in [1.807, 2.05) is 12.3 Å². The van der Waals surface area contributed by atoms with E-state index in [-0.39, 0.29) is 18.1 Å². The molecule has 0 unspecified atom stereocenters. The van der Waals surface area contributed by atoms with Gasteiger partial charge in [-0.2, -0.15) is 0 Å². The number of carbonyl (C=O) groups excluding carboxylic acids is 1. The molecule has 0 saturated carbocycles. The van der Waals surface area contributed by atoms with Crippen LogP contribution in [0.3, 0.4) is 0 Å². The molecule has 0 aliphatic heterocycles. The van der Waals surface area contributed by atoms with E-state index in [2.05, 4.69) is 15.6 Å². The fraction of sp³-hybridized carbons (Fsp3) is 0.231. The van der Waals surface area contributed by atoms with Crippen LogP contribution in [0.5, 0.6) is 0 Å². The van der Waals surface area contributed by atoms with Crippen molar-refractivity contribution in [1.29, 1.82) is 0 Å². The Morgan fingerprint density at radius 1 is 1.37 bits per heavy atom. The predicted octanol–water partition coefficient (Wildman–Crippen LogP) is 2.70. The highest BCUT2D eigenvalue weighted by molar-refractivity contribution is 7.13. The quantitative estimate of drug-likeness (QED) is 0.884. The summed E-state index contributed by atoms with van der Waals surface area (Å²) < 4.78 is 12.8. The molecule has 0 radical (unpaired) electrons. The van der Waals surface area contributed by atoms with E-state index in [0.717, 1.165) is 11.4 Å². The lowest BCUT2D eigenvalue weighted by Crippen LogP contribution is -2.24. The molecule has 1 amide bonds. The number of halogens is 1. The fourth-order valence-electron chi connectivity index (χ4n) is 1.53. The molecule has 4 nitrogen and oxygen atoms in total. The molecule has 1 aromatic carbocycles. The Morgan fingerprint density at radius 2 is 2.11 bits per heavy atom. The summed E-state index contributed by atoms with van der Waals surface area (Å²) in [6.07, 6.45) is 0.273. The molecule has 0 saturated heterocycles. The average molecular weight is 279 g/mol. The highest BCUT2D eigenvalue weighted by Gasteiger charge is 2.07. The van der Waals surface area contributed by atoms with Crippen molar-refractivity contribution in [2.24, 2.45) is 0 Å². The van der Waals surface area contributed by atoms with Gasteiger partial charge < -0.3 is 10.6 Å². The normalized spacial score (nSPS) is 10.2. The first-order chi connectivity index (χ1) is 9.17. The van der Waals surface area contributed by atoms with Gasteiger partial charge in [-0.15, -0.1) is 11.3 Å². The minimum absolute atomic E-state index is 0.0406. The third kappa shape index (κ3) is 4.03. The van der Waals surface area contributed by atoms with Crippen molar-refractivity contribution in [2.75, 3.05) is 11.9 Å². The Bertz CT molecular complexity index is 553. The number of thiazole rings is 1. The number of anilines is 2. The molecule has 100 valence electrons. The molecule has 6 heteroatoms. The van der Waals surface area contributed by atoms with Crippen molar-refractivity contribution < 1.29 is 9.18 Å². The SMILES string of the molecule is CCNC(=O)Cc1csc(Nc2ccc(F)cc2)n1. The summed E-state index contributed by atoms with van der Waals surface area (Å²) in [7, 11) is 0. The summed E-state index contributed by atoms with van der Waals surface area (Å²) in [5.74, 6) is -0.317. The van der Waals surface area contributed by atoms with Crippen molar-refractivity contribution in [3.63, 3.8) is 0 Å². The van der Waals surface area contributed by atoms with E-state index >= 15 is 0 Å². The van der Waals surface area contributed by atoms with Gasteiger partial charge in [0, 0.05) is 17.6 Å². The first kappa shape index (κ1) is 13.5. The molecule has 0 spiro atoms. The molecular weight excluding hydrogens is 265 g/mol. The van der Waals surface area contributed by atoms with E-state index < -0.39 is 0 Å². The molecule has 1 aromatic heterocycles. The second-order valence-corrected chi connectivity index (χ2v) is 4.76. The summed E-state index contributed by atoms with van der Waals surface area (Å²) >= 11 is 1.41. The molecule has 2 aromatic rings. The Morgan fingerprint density at radius 3 is 2.79 bits per heavy atom. The zero-order chi connectivity index (χ0) is 13.7. The van der Waals surface area contributed by atoms with E-state index in [1.165, 1.54) is 23.5 Å². The maximum absolute atomic E-state index is 12.8. The monoisotopic (exact) mass is 279 g/mol. The van der Waals surface area contributed by atoms with Gasteiger partial charge in [-0.05, 0) is 31.2 Å². The number of benzene rings is 1. The first-order valence-electron chi connectivity index (χ1n) is 5.91. The molecule has 0 aliphatic carbocycles. The van der Waals surface area contributed by atoms with Crippen LogP contribution < -0.4 is 10.6 Å². The minimum atomic E-state index is -0.276. The molecule has 2 rings (SSSR count). The number of carbonyl (C=O) groups is 1. The van der Waals surface area contributed by atoms with Crippen molar-refractivity contribution in [1.82, 2.24) is 10.3 Å². The summed E-state index contributed by atoms with van der Waals surface area (Å²) in [5, 5.41) is 8.31. The maximum Gasteiger partial charge on any atom is 0.226 e. The average Bonchev–Trinajstić information content (AvgIpc) is 2.80. The number of amides is 1. The van der Waals surface area contributed by atoms with E-state index in [0.29, 0.717) is 11.7 Å². The topological polar surface area (TPSA) is 54.0 Å². The van der Waals surface area contributed by atoms with Gasteiger partial charge in [0.15, 0.2) is 5.13 Å². The molecule has 0 atom stereocenters. The standard InChI is InChI=1S/C13H14FN3OS/c1-2-15-12(18)7-11-8-19-13(17-11)16-10-5-3-9(14)4-6-10/h3-6,8H,2,7H2,1H3,(H,15,18)(H,16,17). The summed E-state index contributed by atoms with van der Waals surface area (Å²) in [6.45, 7) is 2.49. The zero-order valence-electron chi connectivity index (χ0n) is 10.4. The number of rotatable bonds is 5. The summed E-state index contributed by atoms with van der Waals surface area (Å²) in [5.41, 5.74) is 1.49. The van der Waals surface area contributed by atoms with Gasteiger partial charge in [0.1, 0.15) is 5.82 Å². The number of nitrogens with zero attached hydrogens (tertiary/aromatic N) is 1. The van der Waals surface area contributed by atoms with Crippen LogP contribution in [0.1, 0.15) is 12.6 Å². The van der Waals surface area contributed by atoms with Gasteiger partial charge in [-0.25, -0.2) is 9.37 Å². The Kier molecular flexibility index (Phi) is 4.46. The highest BCUT2D eigenvalue weighted by Crippen LogP contribution is 2.21. The Balaban J connectivity index is 1.97. The lowest BCUT2D eigenvalue weighted by atomic mass is 10.3. The maximum atomic E-state index is 12.8. The first-order valence-corrected chi connectivity index (χ1v) is 6.79. The van der Waals surface area contributed by atoms with Gasteiger partial charge in [0.05, 0.1) is 12.1 Å². The molecular formula is C13H14FN3OS. The van der Waals surface area contributed by atoms with Gasteiger partial charge in [0.25, 0.3) is 0 Å². The van der Waals surface area contributed by atoms with Crippen LogP contribution in [0, 0.1) is 5.82 Å². The second kappa shape index (κ2) is 6.29. The number of hydrogen-bond acceptors (Lipinski definition) is 4. The van der Waals surface area contributed by atoms with E-state index in [9.17, 15) is 9.18 Å². The van der Waals surface area contributed by atoms with Crippen LogP contribution >= 0.6 is 11.3 Å². The fourth-order valence-corrected chi connectivity index (χ4v) is 2.26. The van der Waals surface area contributed by atoms with Gasteiger partial charge in [-0.1, -0.05) is 0 Å². The minimum Gasteiger partial charge on any atom is -0.356 e. The van der Waals surface area contributed by atoms with Crippen LogP contribution in [-0.4, -0.2) is 17.4 Å². The molecule has 0 bridgehead atoms. The van der Waals surface area contributed by atoms with E-state index in [4.69, 9.17) is 0 Å². The number of hydrogen-bond donors (Lipinski definition) is 2. The Hall–Kier alpha value is -1.95. The van der Waals surface area contributed by atoms with Crippen LogP contribution in [-0.2, 0) is 11.2 Å². The van der Waals surface area contributed by atoms with Gasteiger partial charge in [-0.3, -0.25) is 4.79 Å². The van der Waals surface area contributed by atoms with Crippen molar-refractivity contribution >= 4 is 28.1 Å². The molecule has 1 heterocycles. The van der Waals surface area contributed by atoms with Crippen molar-refractivity contribution in [3.05, 3.63) is 41.2 Å². The molecule has 2 N–H and O–H groups in total. The van der Waals surface area contributed by atoms with Crippen LogP contribution in [0.15, 0.2) is 29.6 Å². The van der Waals surface area contributed by atoms with Crippen LogP contribution in [0.4, 0.5) is 15.2 Å². The second-order valence-electron chi connectivity index (χ2n) is 3.91. The van der Waals surface area contributed by atoms with E-state index in [1.54, 1.807) is 12.1 Å². The molecule has 19 heavy (non-hydrogen) atoms. The number of aromatic nitrogens is 1. The van der Waals surface area contributed by atoms with Gasteiger partial charge >= 0.3 is 0 Å². The lowest BCUT2D eigenvalue weighted by Gasteiger charge is -2.01. The zero-order valence-corrected chi connectivity index (χ0v) is 11.3. The number of nitrogens with one attached hydrogen (secondary N) is 2. The van der Waals surface area contributed by atoms with Crippen molar-refractivity contribution in [2.45, 2.75) is 13.3 Å². The van der Waals surface area contributed by atoms with Crippen molar-refractivity contribution in [3.8, 4) is 0 Å². The number of likely N-dealkylation sites (N-methyl/N-ethyl adjacent to an activating group) is 1. The smallest absolute Gasteiger partial charge is 0.226 e. The highest BCUT2D eigenvalue weighted by atomic mass is 32.1. The molecule has 0 aliphatic rings. The lowest BCUT2D eigenvalue weighted by molar-refractivity contribution is -0.120. The Labute approximate surface area is 114 Å². The van der Waals surface area contributed by atoms with Crippen LogP contribution in [0.2, 0.25) is 0 Å². The predicted molar refractivity (Wildman–Crippen MR) is 74.2 cm³/mol. The third-order valence-corrected chi connectivity index (χ3v) is 3.17. The van der Waals surface area contributed by atoms with Crippen LogP contribution in [0.25, 0.3) is 0 Å². The largest absolute Gasteiger partial charge is 0.356 e. The van der Waals surface area contributed by atoms with Gasteiger partial charge in [0.2, 0.25) is 5.91 Å².